The quantitative estimate of drug-likeness (QED) is 0.901. The van der Waals surface area contributed by atoms with Gasteiger partial charge in [-0.1, -0.05) is 18.5 Å². The fourth-order valence-electron chi connectivity index (χ4n) is 3.05. The van der Waals surface area contributed by atoms with Crippen LogP contribution in [0.2, 0.25) is 0 Å². The lowest BCUT2D eigenvalue weighted by molar-refractivity contribution is 0.129. The predicted molar refractivity (Wildman–Crippen MR) is 85.1 cm³/mol. The topological polar surface area (TPSA) is 64.9 Å². The van der Waals surface area contributed by atoms with Gasteiger partial charge in [0.2, 0.25) is 5.89 Å². The lowest BCUT2D eigenvalue weighted by Crippen LogP contribution is -2.39. The van der Waals surface area contributed by atoms with E-state index in [2.05, 4.69) is 17.1 Å². The Kier molecular flexibility index (Phi) is 4.62. The summed E-state index contributed by atoms with van der Waals surface area (Å²) < 4.78 is 5.50. The molecule has 1 aromatic heterocycles. The van der Waals surface area contributed by atoms with Crippen molar-refractivity contribution in [3.05, 3.63) is 11.7 Å². The fraction of sp³-hybridized carbons (Fsp3) is 0.857. The molecule has 6 heteroatoms. The Labute approximate surface area is 129 Å². The Morgan fingerprint density at radius 2 is 2.15 bits per heavy atom. The normalized spacial score (nSPS) is 29.1. The summed E-state index contributed by atoms with van der Waals surface area (Å²) in [6, 6.07) is 0. The summed E-state index contributed by atoms with van der Waals surface area (Å²) in [5.74, 6) is 4.11. The molecule has 1 saturated carbocycles. The number of aromatic nitrogens is 2. The second-order valence-corrected chi connectivity index (χ2v) is 8.49. The zero-order chi connectivity index (χ0) is 14.0. The monoisotopic (exact) mass is 313 g/mol. The second kappa shape index (κ2) is 6.28. The molecule has 2 N–H and O–H groups in total. The third-order valence-corrected chi connectivity index (χ3v) is 7.81. The Hall–Kier alpha value is -0.200. The van der Waals surface area contributed by atoms with Crippen molar-refractivity contribution in [3.63, 3.8) is 0 Å². The van der Waals surface area contributed by atoms with E-state index in [4.69, 9.17) is 10.3 Å². The van der Waals surface area contributed by atoms with Gasteiger partial charge in [0.05, 0.1) is 5.25 Å². The van der Waals surface area contributed by atoms with E-state index in [9.17, 15) is 0 Å². The summed E-state index contributed by atoms with van der Waals surface area (Å²) >= 11 is 4.02. The maximum absolute atomic E-state index is 5.91. The molecule has 1 aromatic rings. The molecule has 0 aromatic carbocycles. The molecule has 2 unspecified atom stereocenters. The van der Waals surface area contributed by atoms with E-state index >= 15 is 0 Å². The molecule has 0 bridgehead atoms. The van der Waals surface area contributed by atoms with Crippen molar-refractivity contribution in [2.24, 2.45) is 11.1 Å². The van der Waals surface area contributed by atoms with Crippen LogP contribution in [0.1, 0.15) is 49.6 Å². The highest BCUT2D eigenvalue weighted by Crippen LogP contribution is 2.44. The van der Waals surface area contributed by atoms with Crippen LogP contribution in [0.15, 0.2) is 4.52 Å². The number of thioether (sulfide) groups is 2. The van der Waals surface area contributed by atoms with Crippen LogP contribution in [0.3, 0.4) is 0 Å². The maximum atomic E-state index is 5.91. The van der Waals surface area contributed by atoms with Crippen LogP contribution < -0.4 is 5.73 Å². The molecule has 1 aliphatic carbocycles. The summed E-state index contributed by atoms with van der Waals surface area (Å²) in [6.45, 7) is 2.98. The fourth-order valence-corrected chi connectivity index (χ4v) is 6.03. The molecule has 2 fully saturated rings. The third-order valence-electron chi connectivity index (χ3n) is 4.56. The van der Waals surface area contributed by atoms with Crippen LogP contribution in [-0.2, 0) is 6.42 Å². The first-order chi connectivity index (χ1) is 9.76. The molecule has 0 radical (unpaired) electrons. The van der Waals surface area contributed by atoms with Gasteiger partial charge in [0, 0.05) is 23.2 Å². The number of rotatable bonds is 5. The highest BCUT2D eigenvalue weighted by Gasteiger charge is 2.38. The lowest BCUT2D eigenvalue weighted by atomic mass is 9.67. The molecular formula is C14H23N3OS2. The van der Waals surface area contributed by atoms with Gasteiger partial charge in [0.15, 0.2) is 5.82 Å². The van der Waals surface area contributed by atoms with Crippen molar-refractivity contribution in [2.45, 2.75) is 49.5 Å². The van der Waals surface area contributed by atoms with Gasteiger partial charge in [0.1, 0.15) is 0 Å². The molecule has 4 nitrogen and oxygen atoms in total. The SMILES string of the molecule is CCC1SCCSC1c1noc(CC2(CN)CCC2)n1. The van der Waals surface area contributed by atoms with Crippen LogP contribution in [0.25, 0.3) is 0 Å². The molecule has 0 amide bonds. The van der Waals surface area contributed by atoms with E-state index in [1.807, 2.05) is 23.5 Å². The minimum absolute atomic E-state index is 0.239. The highest BCUT2D eigenvalue weighted by molar-refractivity contribution is 8.06. The Morgan fingerprint density at radius 3 is 2.80 bits per heavy atom. The van der Waals surface area contributed by atoms with Crippen LogP contribution in [0.4, 0.5) is 0 Å². The number of nitrogens with two attached hydrogens (primary N) is 1. The average molecular weight is 313 g/mol. The second-order valence-electron chi connectivity index (χ2n) is 5.89. The van der Waals surface area contributed by atoms with E-state index in [1.165, 1.54) is 37.2 Å². The van der Waals surface area contributed by atoms with Crippen molar-refractivity contribution in [1.82, 2.24) is 10.1 Å². The largest absolute Gasteiger partial charge is 0.339 e. The van der Waals surface area contributed by atoms with Crippen molar-refractivity contribution < 1.29 is 4.52 Å². The molecular weight excluding hydrogens is 290 g/mol. The summed E-state index contributed by atoms with van der Waals surface area (Å²) in [5, 5.41) is 5.27. The minimum Gasteiger partial charge on any atom is -0.339 e. The summed E-state index contributed by atoms with van der Waals surface area (Å²) in [6.07, 6.45) is 5.71. The van der Waals surface area contributed by atoms with Crippen molar-refractivity contribution in [1.29, 1.82) is 0 Å². The van der Waals surface area contributed by atoms with Gasteiger partial charge in [0.25, 0.3) is 0 Å². The zero-order valence-electron chi connectivity index (χ0n) is 12.0. The average Bonchev–Trinajstić information content (AvgIpc) is 2.91. The maximum Gasteiger partial charge on any atom is 0.227 e. The number of nitrogens with zero attached hydrogens (tertiary/aromatic N) is 2. The van der Waals surface area contributed by atoms with E-state index < -0.39 is 0 Å². The molecule has 2 heterocycles. The van der Waals surface area contributed by atoms with Gasteiger partial charge >= 0.3 is 0 Å². The third kappa shape index (κ3) is 2.88. The summed E-state index contributed by atoms with van der Waals surface area (Å²) in [4.78, 5) is 4.68. The molecule has 20 heavy (non-hydrogen) atoms. The molecule has 2 aliphatic rings. The molecule has 112 valence electrons. The van der Waals surface area contributed by atoms with E-state index in [0.29, 0.717) is 10.5 Å². The number of hydrogen-bond acceptors (Lipinski definition) is 6. The van der Waals surface area contributed by atoms with Crippen LogP contribution in [-0.4, -0.2) is 33.4 Å². The summed E-state index contributed by atoms with van der Waals surface area (Å²) in [7, 11) is 0. The van der Waals surface area contributed by atoms with Crippen LogP contribution in [0, 0.1) is 5.41 Å². The molecule has 1 aliphatic heterocycles. The first kappa shape index (κ1) is 14.7. The lowest BCUT2D eigenvalue weighted by Gasteiger charge is -2.39. The standard InChI is InChI=1S/C14H23N3OS2/c1-2-10-12(20-7-6-19-10)13-16-11(18-17-13)8-14(9-15)4-3-5-14/h10,12H,2-9,15H2,1H3. The number of hydrogen-bond donors (Lipinski definition) is 1. The van der Waals surface area contributed by atoms with Gasteiger partial charge in [-0.25, -0.2) is 0 Å². The Morgan fingerprint density at radius 1 is 1.35 bits per heavy atom. The van der Waals surface area contributed by atoms with Gasteiger partial charge in [-0.15, -0.1) is 11.8 Å². The van der Waals surface area contributed by atoms with Gasteiger partial charge in [-0.05, 0) is 31.2 Å². The zero-order valence-corrected chi connectivity index (χ0v) is 13.6. The van der Waals surface area contributed by atoms with Crippen molar-refractivity contribution in [3.8, 4) is 0 Å². The van der Waals surface area contributed by atoms with Crippen LogP contribution in [0.5, 0.6) is 0 Å². The van der Waals surface area contributed by atoms with E-state index in [-0.39, 0.29) is 5.41 Å². The smallest absolute Gasteiger partial charge is 0.227 e. The first-order valence-corrected chi connectivity index (χ1v) is 9.62. The highest BCUT2D eigenvalue weighted by atomic mass is 32.2. The summed E-state index contributed by atoms with van der Waals surface area (Å²) in [5.41, 5.74) is 6.15. The predicted octanol–water partition coefficient (Wildman–Crippen LogP) is 3.04. The van der Waals surface area contributed by atoms with Crippen LogP contribution >= 0.6 is 23.5 Å². The molecule has 2 atom stereocenters. The molecule has 0 spiro atoms. The Balaban J connectivity index is 1.69. The van der Waals surface area contributed by atoms with E-state index in [1.54, 1.807) is 0 Å². The van der Waals surface area contributed by atoms with Gasteiger partial charge in [-0.2, -0.15) is 16.7 Å². The van der Waals surface area contributed by atoms with Gasteiger partial charge < -0.3 is 10.3 Å². The Bertz CT molecular complexity index is 442. The van der Waals surface area contributed by atoms with Gasteiger partial charge in [-0.3, -0.25) is 0 Å². The molecule has 1 saturated heterocycles. The molecule has 3 rings (SSSR count). The first-order valence-electron chi connectivity index (χ1n) is 7.52. The minimum atomic E-state index is 0.239. The van der Waals surface area contributed by atoms with Crippen molar-refractivity contribution in [2.75, 3.05) is 18.1 Å². The van der Waals surface area contributed by atoms with Crippen molar-refractivity contribution >= 4 is 23.5 Å². The van der Waals surface area contributed by atoms with E-state index in [0.717, 1.165) is 24.7 Å².